The molecule has 8 nitrogen and oxygen atoms in total. The molecule has 3 aromatic carbocycles. The number of nitrogens with zero attached hydrogens (tertiary/aromatic N) is 2. The third-order valence-electron chi connectivity index (χ3n) is 7.42. The first-order chi connectivity index (χ1) is 23.3. The van der Waals surface area contributed by atoms with Gasteiger partial charge < -0.3 is 21.7 Å². The van der Waals surface area contributed by atoms with E-state index < -0.39 is 23.7 Å². The maximum atomic E-state index is 12.4. The van der Waals surface area contributed by atoms with Crippen LogP contribution in [0.2, 0.25) is 30.3 Å². The van der Waals surface area contributed by atoms with Crippen molar-refractivity contribution >= 4 is 81.4 Å². The van der Waals surface area contributed by atoms with Crippen LogP contribution in [0.5, 0.6) is 0 Å². The van der Waals surface area contributed by atoms with Crippen LogP contribution in [0, 0.1) is 6.92 Å². The second kappa shape index (κ2) is 19.4. The van der Waals surface area contributed by atoms with Gasteiger partial charge in [-0.15, -0.1) is 0 Å². The summed E-state index contributed by atoms with van der Waals surface area (Å²) in [7, 11) is 0. The van der Waals surface area contributed by atoms with E-state index in [-0.39, 0.29) is 38.9 Å². The van der Waals surface area contributed by atoms with Gasteiger partial charge in [0.25, 0.3) is 0 Å². The Kier molecular flexibility index (Phi) is 16.6. The normalized spacial score (nSPS) is 11.6. The molecular weight excluding hydrogens is 777 g/mol. The highest BCUT2D eigenvalue weighted by Crippen LogP contribution is 2.38. The Labute approximate surface area is 327 Å². The van der Waals surface area contributed by atoms with E-state index in [4.69, 9.17) is 81.1 Å². The average Bonchev–Trinajstić information content (AvgIpc) is 3.05. The van der Waals surface area contributed by atoms with Crippen LogP contribution < -0.4 is 11.5 Å². The molecule has 2 heterocycles. The summed E-state index contributed by atoms with van der Waals surface area (Å²) in [6.45, 7) is 1.40. The summed E-state index contributed by atoms with van der Waals surface area (Å²) < 4.78 is 0. The zero-order chi connectivity index (χ0) is 36.0. The minimum atomic E-state index is -0.967. The summed E-state index contributed by atoms with van der Waals surface area (Å²) in [6.07, 6.45) is 0. The molecule has 0 aliphatic rings. The first-order valence-corrected chi connectivity index (χ1v) is 16.6. The Balaban J connectivity index is 0.000000353. The molecule has 2 amide bonds. The molecule has 270 valence electrons. The number of nitrogens with two attached hydrogens (primary N) is 2. The summed E-state index contributed by atoms with van der Waals surface area (Å²) in [4.78, 5) is 33.0. The number of carbonyl (C=O) groups is 2. The van der Waals surface area contributed by atoms with E-state index in [0.29, 0.717) is 58.8 Å². The van der Waals surface area contributed by atoms with Crippen LogP contribution in [0.1, 0.15) is 65.9 Å². The predicted octanol–water partition coefficient (Wildman–Crippen LogP) is 9.55. The summed E-state index contributed by atoms with van der Waals surface area (Å²) in [5, 5.41) is 20.9. The molecule has 2 aromatic heterocycles. The zero-order valence-electron chi connectivity index (χ0n) is 25.6. The van der Waals surface area contributed by atoms with E-state index in [2.05, 4.69) is 9.97 Å². The van der Waals surface area contributed by atoms with Crippen molar-refractivity contribution in [3.05, 3.63) is 148 Å². The second-order valence-electron chi connectivity index (χ2n) is 10.7. The second-order valence-corrected chi connectivity index (χ2v) is 13.1. The van der Waals surface area contributed by atoms with Crippen molar-refractivity contribution in [1.29, 1.82) is 0 Å². The minimum Gasteiger partial charge on any atom is -0.392 e. The van der Waals surface area contributed by atoms with Crippen molar-refractivity contribution in [3.63, 3.8) is 0 Å². The van der Waals surface area contributed by atoms with Gasteiger partial charge in [-0.3, -0.25) is 14.6 Å². The van der Waals surface area contributed by atoms with Gasteiger partial charge in [0.2, 0.25) is 11.8 Å². The Hall–Kier alpha value is -3.44. The van der Waals surface area contributed by atoms with Crippen molar-refractivity contribution < 1.29 is 19.8 Å². The van der Waals surface area contributed by atoms with Gasteiger partial charge in [0.05, 0.1) is 30.3 Å². The van der Waals surface area contributed by atoms with E-state index in [9.17, 15) is 19.8 Å². The molecule has 14 heteroatoms. The molecule has 0 fully saturated rings. The fourth-order valence-electron chi connectivity index (χ4n) is 5.13. The largest absolute Gasteiger partial charge is 0.392 e. The number of aromatic nitrogens is 2. The van der Waals surface area contributed by atoms with Gasteiger partial charge in [-0.2, -0.15) is 0 Å². The van der Waals surface area contributed by atoms with Crippen LogP contribution in [0.15, 0.2) is 78.9 Å². The van der Waals surface area contributed by atoms with E-state index in [0.717, 1.165) is 11.1 Å². The first kappa shape index (κ1) is 43.7. The van der Waals surface area contributed by atoms with Crippen LogP contribution >= 0.6 is 69.6 Å². The SMILES string of the molecule is C.C.Cc1c(Cl)cccc1-c1cc(CO)cc(C(C(N)=O)c2c(Cl)cccc2Cl)n1.NC(=O)C(c1cc(CO)cc(Cl)n1)c1c(Cl)cccc1Cl. The Morgan fingerprint density at radius 3 is 1.45 bits per heavy atom. The minimum absolute atomic E-state index is 0. The Morgan fingerprint density at radius 1 is 0.627 bits per heavy atom. The van der Waals surface area contributed by atoms with Crippen LogP contribution in [0.25, 0.3) is 11.3 Å². The number of rotatable bonds is 9. The molecule has 6 N–H and O–H groups in total. The van der Waals surface area contributed by atoms with E-state index in [1.54, 1.807) is 60.7 Å². The molecule has 2 unspecified atom stereocenters. The molecule has 0 saturated carbocycles. The highest BCUT2D eigenvalue weighted by molar-refractivity contribution is 6.37. The third kappa shape index (κ3) is 10.3. The van der Waals surface area contributed by atoms with Crippen LogP contribution in [0.4, 0.5) is 0 Å². The van der Waals surface area contributed by atoms with Crippen molar-refractivity contribution in [2.75, 3.05) is 0 Å². The number of primary amides is 2. The third-order valence-corrected chi connectivity index (χ3v) is 9.35. The topological polar surface area (TPSA) is 152 Å². The van der Waals surface area contributed by atoms with Crippen molar-refractivity contribution in [2.24, 2.45) is 11.5 Å². The van der Waals surface area contributed by atoms with Crippen LogP contribution in [-0.4, -0.2) is 32.0 Å². The summed E-state index contributed by atoms with van der Waals surface area (Å²) in [5.41, 5.74) is 15.8. The molecular formula is C37H36Cl6N4O4. The van der Waals surface area contributed by atoms with Gasteiger partial charge in [-0.25, -0.2) is 4.98 Å². The van der Waals surface area contributed by atoms with Gasteiger partial charge >= 0.3 is 0 Å². The maximum Gasteiger partial charge on any atom is 0.231 e. The molecule has 0 bridgehead atoms. The quantitative estimate of drug-likeness (QED) is 0.109. The molecule has 0 spiro atoms. The lowest BCUT2D eigenvalue weighted by molar-refractivity contribution is -0.119. The maximum absolute atomic E-state index is 12.4. The van der Waals surface area contributed by atoms with E-state index in [1.807, 2.05) is 19.1 Å². The lowest BCUT2D eigenvalue weighted by Crippen LogP contribution is -2.24. The molecule has 5 aromatic rings. The Bertz CT molecular complexity index is 1990. The molecule has 5 rings (SSSR count). The number of benzene rings is 3. The van der Waals surface area contributed by atoms with Crippen LogP contribution in [0.3, 0.4) is 0 Å². The summed E-state index contributed by atoms with van der Waals surface area (Å²) in [5.74, 6) is -3.23. The molecule has 51 heavy (non-hydrogen) atoms. The number of halogens is 6. The fraction of sp³-hybridized carbons (Fsp3) is 0.189. The van der Waals surface area contributed by atoms with Crippen molar-refractivity contribution in [3.8, 4) is 11.3 Å². The number of aliphatic hydroxyl groups is 2. The molecule has 0 radical (unpaired) electrons. The predicted molar refractivity (Wildman–Crippen MR) is 209 cm³/mol. The number of aliphatic hydroxyl groups excluding tert-OH is 2. The lowest BCUT2D eigenvalue weighted by atomic mass is 9.92. The molecule has 0 aliphatic heterocycles. The number of hydrogen-bond donors (Lipinski definition) is 4. The van der Waals surface area contributed by atoms with E-state index >= 15 is 0 Å². The van der Waals surface area contributed by atoms with Gasteiger partial charge in [0.1, 0.15) is 17.0 Å². The number of pyridine rings is 2. The number of amides is 2. The van der Waals surface area contributed by atoms with Gasteiger partial charge in [-0.1, -0.05) is 109 Å². The number of hydrogen-bond acceptors (Lipinski definition) is 6. The molecule has 2 atom stereocenters. The van der Waals surface area contributed by atoms with E-state index in [1.165, 1.54) is 6.07 Å². The highest BCUT2D eigenvalue weighted by Gasteiger charge is 2.29. The Morgan fingerprint density at radius 2 is 1.02 bits per heavy atom. The van der Waals surface area contributed by atoms with Crippen molar-refractivity contribution in [1.82, 2.24) is 9.97 Å². The average molecular weight is 813 g/mol. The standard InChI is InChI=1S/C21H17Cl3N2O2.C14H11Cl3N2O2.2CH4/c1-11-13(4-2-5-14(11)22)17-8-12(10-27)9-18(26-17)20(21(25)28)19-15(23)6-3-7-16(19)24;15-8-2-1-3-9(16)12(8)13(14(18)21)10-4-7(6-20)5-11(17)19-10;;/h2-9,20,27H,10H2,1H3,(H2,25,28);1-5,13,20H,6H2,(H2,18,21);2*1H4. The monoisotopic (exact) mass is 810 g/mol. The van der Waals surface area contributed by atoms with Gasteiger partial charge in [0.15, 0.2) is 0 Å². The first-order valence-electron chi connectivity index (χ1n) is 14.4. The highest BCUT2D eigenvalue weighted by atomic mass is 35.5. The molecule has 0 saturated heterocycles. The lowest BCUT2D eigenvalue weighted by Gasteiger charge is -2.19. The van der Waals surface area contributed by atoms with Gasteiger partial charge in [-0.05, 0) is 78.2 Å². The zero-order valence-corrected chi connectivity index (χ0v) is 30.1. The van der Waals surface area contributed by atoms with Gasteiger partial charge in [0, 0.05) is 41.8 Å². The van der Waals surface area contributed by atoms with Crippen LogP contribution in [-0.2, 0) is 22.8 Å². The molecule has 0 aliphatic carbocycles. The summed E-state index contributed by atoms with van der Waals surface area (Å²) >= 11 is 37.0. The smallest absolute Gasteiger partial charge is 0.231 e. The number of carbonyl (C=O) groups excluding carboxylic acids is 2. The van der Waals surface area contributed by atoms with Crippen molar-refractivity contribution in [2.45, 2.75) is 46.8 Å². The fourth-order valence-corrected chi connectivity index (χ4v) is 6.77. The summed E-state index contributed by atoms with van der Waals surface area (Å²) in [6, 6.07) is 21.7.